The van der Waals surface area contributed by atoms with Crippen LogP contribution in [0.4, 0.5) is 0 Å². The highest BCUT2D eigenvalue weighted by Gasteiger charge is 2.73. The Hall–Kier alpha value is -0.890. The molecule has 234 valence electrons. The van der Waals surface area contributed by atoms with Crippen LogP contribution in [0.5, 0.6) is 0 Å². The molecule has 16 atom stereocenters. The van der Waals surface area contributed by atoms with Gasteiger partial charge in [-0.3, -0.25) is 4.79 Å². The van der Waals surface area contributed by atoms with Crippen molar-refractivity contribution in [3.05, 3.63) is 0 Å². The summed E-state index contributed by atoms with van der Waals surface area (Å²) >= 11 is 0. The third-order valence-corrected chi connectivity index (χ3v) is 13.1. The molecule has 0 spiro atoms. The molecule has 0 aromatic rings. The molecule has 41 heavy (non-hydrogen) atoms. The van der Waals surface area contributed by atoms with Crippen LogP contribution in [0, 0.1) is 40.4 Å². The van der Waals surface area contributed by atoms with E-state index in [1.165, 1.54) is 0 Å². The number of rotatable bonds is 4. The highest BCUT2D eigenvalue weighted by molar-refractivity contribution is 5.74. The fourth-order valence-electron chi connectivity index (χ4n) is 10.7. The molecule has 11 nitrogen and oxygen atoms in total. The number of hydrogen-bond acceptors (Lipinski definition) is 11. The summed E-state index contributed by atoms with van der Waals surface area (Å²) in [5.74, 6) is -0.797. The van der Waals surface area contributed by atoms with E-state index in [0.717, 1.165) is 6.42 Å². The van der Waals surface area contributed by atoms with Gasteiger partial charge in [0.2, 0.25) is 0 Å². The lowest BCUT2D eigenvalue weighted by atomic mass is 9.40. The predicted octanol–water partition coefficient (Wildman–Crippen LogP) is -0.160. The number of fused-ring (bicyclic) bond motifs is 5. The van der Waals surface area contributed by atoms with Gasteiger partial charge in [0, 0.05) is 18.8 Å². The maximum atomic E-state index is 12.5. The minimum atomic E-state index is -1.50. The summed E-state index contributed by atoms with van der Waals surface area (Å²) in [6.07, 6.45) is -4.61. The number of aliphatic hydroxyl groups excluding tert-OH is 5. The van der Waals surface area contributed by atoms with Gasteiger partial charge >= 0.3 is 5.97 Å². The van der Waals surface area contributed by atoms with Gasteiger partial charge in [-0.25, -0.2) is 0 Å². The summed E-state index contributed by atoms with van der Waals surface area (Å²) in [7, 11) is 0. The first kappa shape index (κ1) is 30.1. The second-order valence-corrected chi connectivity index (χ2v) is 14.5. The quantitative estimate of drug-likeness (QED) is 0.172. The lowest BCUT2D eigenvalue weighted by Crippen LogP contribution is -2.73. The molecule has 6 fully saturated rings. The van der Waals surface area contributed by atoms with E-state index in [0.29, 0.717) is 32.3 Å². The van der Waals surface area contributed by atoms with Gasteiger partial charge in [-0.15, -0.1) is 0 Å². The minimum Gasteiger partial charge on any atom is -0.465 e. The maximum Gasteiger partial charge on any atom is 0.309 e. The highest BCUT2D eigenvalue weighted by atomic mass is 16.7. The van der Waals surface area contributed by atoms with Crippen molar-refractivity contribution in [2.75, 3.05) is 13.2 Å². The monoisotopic (exact) mass is 584 g/mol. The van der Waals surface area contributed by atoms with Crippen molar-refractivity contribution in [1.29, 1.82) is 0 Å². The van der Waals surface area contributed by atoms with Gasteiger partial charge in [-0.2, -0.15) is 0 Å². The van der Waals surface area contributed by atoms with Crippen molar-refractivity contribution in [3.8, 4) is 0 Å². The normalized spacial score (nSPS) is 58.8. The van der Waals surface area contributed by atoms with E-state index < -0.39 is 71.6 Å². The summed E-state index contributed by atoms with van der Waals surface area (Å²) < 4.78 is 17.0. The molecule has 6 rings (SSSR count). The zero-order valence-electron chi connectivity index (χ0n) is 24.3. The van der Waals surface area contributed by atoms with Crippen molar-refractivity contribution in [1.82, 2.24) is 0 Å². The van der Waals surface area contributed by atoms with Crippen LogP contribution in [0.1, 0.15) is 72.1 Å². The molecule has 0 aromatic heterocycles. The number of cyclic esters (lactones) is 1. The standard InChI is InChI=1S/C30H48O11/c1-14-17(12-39-25(14)36)18-6-9-30(38)20-5-8-28(37)11-16(41-26-24(35)23(34)22(33)15(2)40-26)10-21(32)29(28,13-31)19(20)4-7-27(18,30)3/h14-24,26,31-35,37-38H,4-13H2,1-3H3/t14?,15-,16-,17?,18+,19?,20?,21+,22-,23+,24+,26-,27+,28-,29-,30-/m0/s1. The van der Waals surface area contributed by atoms with E-state index in [9.17, 15) is 40.5 Å². The topological polar surface area (TPSA) is 186 Å². The Labute approximate surface area is 240 Å². The van der Waals surface area contributed by atoms with Crippen LogP contribution in [-0.4, -0.2) is 109 Å². The number of esters is 1. The lowest BCUT2D eigenvalue weighted by molar-refractivity contribution is -0.335. The zero-order chi connectivity index (χ0) is 29.7. The van der Waals surface area contributed by atoms with Gasteiger partial charge in [-0.05, 0) is 68.6 Å². The Morgan fingerprint density at radius 1 is 0.927 bits per heavy atom. The van der Waals surface area contributed by atoms with Gasteiger partial charge in [-0.1, -0.05) is 13.8 Å². The van der Waals surface area contributed by atoms with E-state index >= 15 is 0 Å². The molecule has 7 N–H and O–H groups in total. The first-order valence-corrected chi connectivity index (χ1v) is 15.5. The first-order chi connectivity index (χ1) is 19.2. The Morgan fingerprint density at radius 3 is 2.27 bits per heavy atom. The summed E-state index contributed by atoms with van der Waals surface area (Å²) in [6, 6.07) is 0. The fraction of sp³-hybridized carbons (Fsp3) is 0.967. The van der Waals surface area contributed by atoms with Crippen LogP contribution < -0.4 is 0 Å². The van der Waals surface area contributed by atoms with Crippen molar-refractivity contribution in [2.45, 2.75) is 126 Å². The molecule has 0 radical (unpaired) electrons. The average Bonchev–Trinajstić information content (AvgIpc) is 3.39. The predicted molar refractivity (Wildman–Crippen MR) is 142 cm³/mol. The third kappa shape index (κ3) is 4.00. The van der Waals surface area contributed by atoms with Crippen LogP contribution in [0.3, 0.4) is 0 Å². The summed E-state index contributed by atoms with van der Waals surface area (Å²) in [4.78, 5) is 12.2. The van der Waals surface area contributed by atoms with Gasteiger partial charge in [0.25, 0.3) is 0 Å². The lowest BCUT2D eigenvalue weighted by Gasteiger charge is -2.67. The van der Waals surface area contributed by atoms with Crippen LogP contribution >= 0.6 is 0 Å². The molecule has 4 unspecified atom stereocenters. The van der Waals surface area contributed by atoms with Gasteiger partial charge in [0.05, 0.1) is 54.1 Å². The van der Waals surface area contributed by atoms with Crippen LogP contribution in [-0.2, 0) is 19.0 Å². The maximum absolute atomic E-state index is 12.5. The van der Waals surface area contributed by atoms with E-state index in [2.05, 4.69) is 6.92 Å². The molecular weight excluding hydrogens is 536 g/mol. The summed E-state index contributed by atoms with van der Waals surface area (Å²) in [5, 5.41) is 78.1. The molecule has 2 heterocycles. The zero-order valence-corrected chi connectivity index (χ0v) is 24.3. The number of ether oxygens (including phenoxy) is 3. The summed E-state index contributed by atoms with van der Waals surface area (Å²) in [5.41, 5.74) is -4.26. The Balaban J connectivity index is 1.24. The second-order valence-electron chi connectivity index (χ2n) is 14.5. The van der Waals surface area contributed by atoms with Crippen molar-refractivity contribution in [3.63, 3.8) is 0 Å². The van der Waals surface area contributed by atoms with Gasteiger partial charge in [0.15, 0.2) is 6.29 Å². The highest BCUT2D eigenvalue weighted by Crippen LogP contribution is 2.71. The van der Waals surface area contributed by atoms with Gasteiger partial charge < -0.3 is 50.0 Å². The van der Waals surface area contributed by atoms with Crippen molar-refractivity contribution >= 4 is 5.97 Å². The smallest absolute Gasteiger partial charge is 0.309 e. The van der Waals surface area contributed by atoms with Crippen molar-refractivity contribution in [2.24, 2.45) is 40.4 Å². The minimum absolute atomic E-state index is 0.0447. The summed E-state index contributed by atoms with van der Waals surface area (Å²) in [6.45, 7) is 5.53. The molecular formula is C30H48O11. The third-order valence-electron chi connectivity index (χ3n) is 13.1. The molecule has 0 bridgehead atoms. The largest absolute Gasteiger partial charge is 0.465 e. The Bertz CT molecular complexity index is 1030. The average molecular weight is 585 g/mol. The first-order valence-electron chi connectivity index (χ1n) is 15.5. The molecule has 2 saturated heterocycles. The number of carbonyl (C=O) groups is 1. The molecule has 11 heteroatoms. The van der Waals surface area contributed by atoms with Crippen LogP contribution in [0.2, 0.25) is 0 Å². The van der Waals surface area contributed by atoms with Crippen LogP contribution in [0.25, 0.3) is 0 Å². The second kappa shape index (κ2) is 10.1. The molecule has 4 saturated carbocycles. The van der Waals surface area contributed by atoms with E-state index in [1.54, 1.807) is 6.92 Å². The van der Waals surface area contributed by atoms with Crippen LogP contribution in [0.15, 0.2) is 0 Å². The molecule has 2 aliphatic heterocycles. The SMILES string of the molecule is CC1C(=O)OCC1[C@H]1CC[C@]2(O)C3CC[C@]4(O)C[C@@H](O[C@@H]5O[C@@H](C)[C@H](O)[C@@H](O)[C@H]5O)C[C@@H](O)[C@]4(CO)C3CC[C@]12C. The molecule has 0 amide bonds. The fourth-order valence-corrected chi connectivity index (χ4v) is 10.7. The number of aliphatic hydroxyl groups is 7. The number of carbonyl (C=O) groups excluding carboxylic acids is 1. The van der Waals surface area contributed by atoms with E-state index in [-0.39, 0.29) is 54.8 Å². The van der Waals surface area contributed by atoms with Crippen molar-refractivity contribution < 1.29 is 54.8 Å². The Morgan fingerprint density at radius 2 is 1.61 bits per heavy atom. The molecule has 6 aliphatic rings. The van der Waals surface area contributed by atoms with E-state index in [4.69, 9.17) is 14.2 Å². The van der Waals surface area contributed by atoms with Gasteiger partial charge in [0.1, 0.15) is 18.3 Å². The molecule has 4 aliphatic carbocycles. The number of hydrogen-bond donors (Lipinski definition) is 7. The Kier molecular flexibility index (Phi) is 7.40. The van der Waals surface area contributed by atoms with E-state index in [1.807, 2.05) is 6.92 Å². The molecule has 0 aromatic carbocycles.